The lowest BCUT2D eigenvalue weighted by atomic mass is 10.3. The Hall–Kier alpha value is -3.08. The van der Waals surface area contributed by atoms with Gasteiger partial charge in [-0.2, -0.15) is 9.97 Å². The number of hydrogen-bond donors (Lipinski definition) is 0. The fourth-order valence-corrected chi connectivity index (χ4v) is 5.41. The highest BCUT2D eigenvalue weighted by atomic mass is 35.5. The van der Waals surface area contributed by atoms with Gasteiger partial charge < -0.3 is 19.1 Å². The van der Waals surface area contributed by atoms with Crippen LogP contribution in [0.1, 0.15) is 19.8 Å². The first-order valence-corrected chi connectivity index (χ1v) is 13.6. The molecule has 0 unspecified atom stereocenters. The lowest BCUT2D eigenvalue weighted by Gasteiger charge is -2.30. The van der Waals surface area contributed by atoms with Gasteiger partial charge in [0.15, 0.2) is 22.5 Å². The van der Waals surface area contributed by atoms with Crippen molar-refractivity contribution in [2.45, 2.75) is 24.7 Å². The molecule has 9 nitrogen and oxygen atoms in total. The Morgan fingerprint density at radius 3 is 2.36 bits per heavy atom. The van der Waals surface area contributed by atoms with E-state index in [0.29, 0.717) is 50.2 Å². The first-order valence-electron chi connectivity index (χ1n) is 11.7. The number of para-hydroxylation sites is 2. The second-order valence-corrected chi connectivity index (χ2v) is 10.3. The minimum Gasteiger partial charge on any atom is -0.493 e. The van der Waals surface area contributed by atoms with Crippen LogP contribution in [0.15, 0.2) is 59.5 Å². The van der Waals surface area contributed by atoms with Gasteiger partial charge in [0, 0.05) is 19.6 Å². The van der Waals surface area contributed by atoms with Crippen LogP contribution in [0.2, 0.25) is 5.15 Å². The zero-order valence-corrected chi connectivity index (χ0v) is 21.8. The van der Waals surface area contributed by atoms with Gasteiger partial charge in [-0.1, -0.05) is 55.3 Å². The number of unbranched alkanes of at least 4 members (excludes halogenated alkanes) is 1. The molecule has 0 bridgehead atoms. The molecule has 2 heterocycles. The highest BCUT2D eigenvalue weighted by Gasteiger charge is 2.32. The molecule has 11 heteroatoms. The van der Waals surface area contributed by atoms with Crippen LogP contribution in [0.25, 0.3) is 0 Å². The molecule has 1 aliphatic heterocycles. The molecule has 192 valence electrons. The van der Waals surface area contributed by atoms with E-state index < -0.39 is 10.0 Å². The first-order chi connectivity index (χ1) is 17.5. The topological polar surface area (TPSA) is 94.1 Å². The number of halogens is 1. The number of sulfonamides is 1. The van der Waals surface area contributed by atoms with Crippen molar-refractivity contribution in [1.82, 2.24) is 9.97 Å². The lowest BCUT2D eigenvalue weighted by Crippen LogP contribution is -2.38. The van der Waals surface area contributed by atoms with Crippen LogP contribution in [0.3, 0.4) is 0 Å². The van der Waals surface area contributed by atoms with Crippen LogP contribution in [0, 0.1) is 0 Å². The van der Waals surface area contributed by atoms with E-state index in [1.807, 2.05) is 11.8 Å². The van der Waals surface area contributed by atoms with Gasteiger partial charge in [0.25, 0.3) is 10.0 Å². The van der Waals surface area contributed by atoms with Crippen molar-refractivity contribution >= 4 is 33.4 Å². The van der Waals surface area contributed by atoms with Crippen LogP contribution in [0.5, 0.6) is 17.2 Å². The Morgan fingerprint density at radius 1 is 1.03 bits per heavy atom. The summed E-state index contributed by atoms with van der Waals surface area (Å²) in [4.78, 5) is 11.2. The summed E-state index contributed by atoms with van der Waals surface area (Å²) in [5.41, 5.74) is 0. The summed E-state index contributed by atoms with van der Waals surface area (Å²) >= 11 is 6.68. The summed E-state index contributed by atoms with van der Waals surface area (Å²) in [6, 6.07) is 15.3. The molecule has 0 radical (unpaired) electrons. The third kappa shape index (κ3) is 5.66. The molecule has 1 fully saturated rings. The molecule has 0 amide bonds. The molecule has 36 heavy (non-hydrogen) atoms. The normalized spacial score (nSPS) is 13.9. The Morgan fingerprint density at radius 2 is 1.69 bits per heavy atom. The second kappa shape index (κ2) is 11.8. The maximum Gasteiger partial charge on any atom is 0.265 e. The van der Waals surface area contributed by atoms with Gasteiger partial charge in [-0.15, -0.1) is 0 Å². The van der Waals surface area contributed by atoms with Crippen LogP contribution in [0.4, 0.5) is 11.8 Å². The number of nitrogens with zero attached hydrogens (tertiary/aromatic N) is 4. The summed E-state index contributed by atoms with van der Waals surface area (Å²) in [7, 11) is -2.47. The van der Waals surface area contributed by atoms with E-state index in [1.54, 1.807) is 54.6 Å². The number of morpholine rings is 1. The summed E-state index contributed by atoms with van der Waals surface area (Å²) in [6.07, 6.45) is 1.38. The van der Waals surface area contributed by atoms with Gasteiger partial charge in [-0.25, -0.2) is 12.7 Å². The monoisotopic (exact) mass is 532 g/mol. The van der Waals surface area contributed by atoms with Gasteiger partial charge in [0.1, 0.15) is 0 Å². The summed E-state index contributed by atoms with van der Waals surface area (Å²) in [5.74, 6) is 1.24. The van der Waals surface area contributed by atoms with Gasteiger partial charge >= 0.3 is 0 Å². The van der Waals surface area contributed by atoms with E-state index in [4.69, 9.17) is 30.8 Å². The average molecular weight is 533 g/mol. The summed E-state index contributed by atoms with van der Waals surface area (Å²) in [5, 5.41) is -0.00263. The molecule has 1 aliphatic rings. The number of hydrogen-bond acceptors (Lipinski definition) is 8. The molecule has 0 spiro atoms. The van der Waals surface area contributed by atoms with Gasteiger partial charge in [0.05, 0.1) is 25.2 Å². The predicted octanol–water partition coefficient (Wildman–Crippen LogP) is 4.76. The predicted molar refractivity (Wildman–Crippen MR) is 139 cm³/mol. The summed E-state index contributed by atoms with van der Waals surface area (Å²) in [6.45, 7) is 4.32. The smallest absolute Gasteiger partial charge is 0.265 e. The van der Waals surface area contributed by atoms with E-state index in [-0.39, 0.29) is 28.2 Å². The number of aromatic nitrogens is 2. The third-order valence-electron chi connectivity index (χ3n) is 5.65. The van der Waals surface area contributed by atoms with Crippen molar-refractivity contribution in [3.63, 3.8) is 0 Å². The highest BCUT2D eigenvalue weighted by Crippen LogP contribution is 2.42. The Bertz CT molecular complexity index is 1270. The van der Waals surface area contributed by atoms with E-state index in [0.717, 1.165) is 6.42 Å². The maximum atomic E-state index is 13.9. The Balaban J connectivity index is 1.89. The highest BCUT2D eigenvalue weighted by molar-refractivity contribution is 7.92. The molecule has 0 saturated carbocycles. The SMILES string of the molecule is CCCCN(c1nc(N2CCOCC2)nc(Cl)c1Oc1ccccc1OC)S(=O)(=O)c1ccccc1. The maximum absolute atomic E-state index is 13.9. The van der Waals surface area contributed by atoms with Crippen molar-refractivity contribution in [3.8, 4) is 17.2 Å². The van der Waals surface area contributed by atoms with Crippen molar-refractivity contribution in [1.29, 1.82) is 0 Å². The van der Waals surface area contributed by atoms with Gasteiger partial charge in [0.2, 0.25) is 11.7 Å². The van der Waals surface area contributed by atoms with Crippen molar-refractivity contribution < 1.29 is 22.6 Å². The van der Waals surface area contributed by atoms with Crippen molar-refractivity contribution in [2.75, 3.05) is 49.2 Å². The van der Waals surface area contributed by atoms with E-state index >= 15 is 0 Å². The number of benzene rings is 2. The van der Waals surface area contributed by atoms with E-state index in [2.05, 4.69) is 4.98 Å². The third-order valence-corrected chi connectivity index (χ3v) is 7.71. The molecular weight excluding hydrogens is 504 g/mol. The molecule has 3 aromatic rings. The van der Waals surface area contributed by atoms with Crippen molar-refractivity contribution in [2.24, 2.45) is 0 Å². The van der Waals surface area contributed by atoms with E-state index in [9.17, 15) is 8.42 Å². The summed E-state index contributed by atoms with van der Waals surface area (Å²) < 4.78 is 46.0. The van der Waals surface area contributed by atoms with Gasteiger partial charge in [-0.3, -0.25) is 0 Å². The molecule has 4 rings (SSSR count). The minimum absolute atomic E-state index is 0.00263. The molecule has 0 atom stereocenters. The van der Waals surface area contributed by atoms with E-state index in [1.165, 1.54) is 11.4 Å². The first kappa shape index (κ1) is 26.0. The van der Waals surface area contributed by atoms with Crippen molar-refractivity contribution in [3.05, 3.63) is 59.8 Å². The Kier molecular flexibility index (Phi) is 8.50. The van der Waals surface area contributed by atoms with Crippen LogP contribution in [-0.4, -0.2) is 58.3 Å². The molecular formula is C25H29ClN4O5S. The number of ether oxygens (including phenoxy) is 3. The number of rotatable bonds is 10. The van der Waals surface area contributed by atoms with Crippen LogP contribution < -0.4 is 18.7 Å². The number of methoxy groups -OCH3 is 1. The molecule has 2 aromatic carbocycles. The molecule has 0 N–H and O–H groups in total. The minimum atomic E-state index is -3.99. The number of anilines is 2. The zero-order valence-electron chi connectivity index (χ0n) is 20.3. The zero-order chi connectivity index (χ0) is 25.5. The average Bonchev–Trinajstić information content (AvgIpc) is 2.91. The lowest BCUT2D eigenvalue weighted by molar-refractivity contribution is 0.122. The second-order valence-electron chi connectivity index (χ2n) is 8.06. The fraction of sp³-hybridized carbons (Fsp3) is 0.360. The standard InChI is InChI=1S/C25H29ClN4O5S/c1-3-4-14-30(36(31,32)19-10-6-5-7-11-19)24-22(35-21-13-9-8-12-20(21)33-2)23(26)27-25(28-24)29-15-17-34-18-16-29/h5-13H,3-4,14-18H2,1-2H3. The fourth-order valence-electron chi connectivity index (χ4n) is 3.74. The molecule has 1 saturated heterocycles. The molecule has 0 aliphatic carbocycles. The largest absolute Gasteiger partial charge is 0.493 e. The molecule has 1 aromatic heterocycles. The van der Waals surface area contributed by atoms with Crippen LogP contribution >= 0.6 is 11.6 Å². The van der Waals surface area contributed by atoms with Crippen LogP contribution in [-0.2, 0) is 14.8 Å². The van der Waals surface area contributed by atoms with Gasteiger partial charge in [-0.05, 0) is 30.7 Å². The Labute approximate surface area is 216 Å². The quantitative estimate of drug-likeness (QED) is 0.345.